The molecule has 0 spiro atoms. The molecular weight excluding hydrogens is 306 g/mol. The Labute approximate surface area is 138 Å². The predicted octanol–water partition coefficient (Wildman–Crippen LogP) is 2.58. The molecule has 1 aliphatic rings. The average molecular weight is 323 g/mol. The van der Waals surface area contributed by atoms with Crippen molar-refractivity contribution >= 4 is 16.9 Å². The van der Waals surface area contributed by atoms with Crippen LogP contribution in [0.15, 0.2) is 48.5 Å². The van der Waals surface area contributed by atoms with Crippen molar-refractivity contribution in [3.63, 3.8) is 0 Å². The fourth-order valence-electron chi connectivity index (χ4n) is 2.70. The van der Waals surface area contributed by atoms with Crippen LogP contribution in [0.5, 0.6) is 11.5 Å². The lowest BCUT2D eigenvalue weighted by molar-refractivity contribution is -0.131. The Kier molecular flexibility index (Phi) is 3.57. The van der Waals surface area contributed by atoms with Gasteiger partial charge in [0.15, 0.2) is 11.5 Å². The molecule has 0 radical (unpaired) electrons. The lowest BCUT2D eigenvalue weighted by Crippen LogP contribution is -2.44. The fraction of sp³-hybridized carbons (Fsp3) is 0.222. The molecule has 2 aromatic carbocycles. The maximum Gasteiger partial charge on any atom is 0.265 e. The van der Waals surface area contributed by atoms with Crippen LogP contribution in [-0.2, 0) is 4.79 Å². The molecule has 3 aromatic rings. The highest BCUT2D eigenvalue weighted by molar-refractivity contribution is 5.82. The van der Waals surface area contributed by atoms with Crippen molar-refractivity contribution in [3.05, 3.63) is 54.4 Å². The quantitative estimate of drug-likeness (QED) is 0.777. The molecule has 0 aliphatic carbocycles. The largest absolute Gasteiger partial charge is 0.485 e. The Bertz CT molecular complexity index is 857. The van der Waals surface area contributed by atoms with E-state index in [9.17, 15) is 4.79 Å². The van der Waals surface area contributed by atoms with Crippen LogP contribution < -0.4 is 14.8 Å². The van der Waals surface area contributed by atoms with E-state index in [4.69, 9.17) is 9.47 Å². The number of amides is 1. The third-order valence-electron chi connectivity index (χ3n) is 3.98. The minimum absolute atomic E-state index is 0.190. The number of fused-ring (bicyclic) bond motifs is 2. The second-order valence-electron chi connectivity index (χ2n) is 5.73. The molecule has 2 atom stereocenters. The molecular formula is C18H17N3O3. The molecule has 1 aromatic heterocycles. The maximum absolute atomic E-state index is 12.4. The lowest BCUT2D eigenvalue weighted by Gasteiger charge is -2.26. The highest BCUT2D eigenvalue weighted by Crippen LogP contribution is 2.31. The van der Waals surface area contributed by atoms with E-state index in [1.165, 1.54) is 0 Å². The van der Waals surface area contributed by atoms with E-state index < -0.39 is 6.10 Å². The number of nitrogens with zero attached hydrogens (tertiary/aromatic N) is 1. The van der Waals surface area contributed by atoms with Gasteiger partial charge in [-0.05, 0) is 31.2 Å². The summed E-state index contributed by atoms with van der Waals surface area (Å²) in [5.41, 5.74) is 1.82. The van der Waals surface area contributed by atoms with Crippen LogP contribution in [0.3, 0.4) is 0 Å². The van der Waals surface area contributed by atoms with E-state index in [1.54, 1.807) is 6.07 Å². The van der Waals surface area contributed by atoms with Crippen LogP contribution in [0.4, 0.5) is 0 Å². The van der Waals surface area contributed by atoms with Crippen molar-refractivity contribution in [2.24, 2.45) is 0 Å². The van der Waals surface area contributed by atoms with Crippen LogP contribution in [0.25, 0.3) is 11.0 Å². The molecule has 0 saturated carbocycles. The summed E-state index contributed by atoms with van der Waals surface area (Å²) in [6.07, 6.45) is -0.674. The average Bonchev–Trinajstić information content (AvgIpc) is 3.05. The van der Waals surface area contributed by atoms with Gasteiger partial charge in [-0.15, -0.1) is 0 Å². The molecule has 0 fully saturated rings. The Balaban J connectivity index is 1.46. The van der Waals surface area contributed by atoms with Crippen molar-refractivity contribution in [2.75, 3.05) is 6.61 Å². The first-order valence-corrected chi connectivity index (χ1v) is 7.84. The normalized spacial score (nSPS) is 17.5. The van der Waals surface area contributed by atoms with Crippen molar-refractivity contribution in [1.82, 2.24) is 15.3 Å². The zero-order valence-electron chi connectivity index (χ0n) is 13.2. The first-order chi connectivity index (χ1) is 11.7. The molecule has 24 heavy (non-hydrogen) atoms. The molecule has 1 unspecified atom stereocenters. The number of aromatic nitrogens is 2. The van der Waals surface area contributed by atoms with Gasteiger partial charge in [-0.25, -0.2) is 4.98 Å². The van der Waals surface area contributed by atoms with Crippen molar-refractivity contribution < 1.29 is 14.3 Å². The predicted molar refractivity (Wildman–Crippen MR) is 89.0 cm³/mol. The summed E-state index contributed by atoms with van der Waals surface area (Å²) >= 11 is 0. The van der Waals surface area contributed by atoms with Crippen LogP contribution in [-0.4, -0.2) is 28.6 Å². The van der Waals surface area contributed by atoms with Gasteiger partial charge in [0.1, 0.15) is 12.4 Å². The highest BCUT2D eigenvalue weighted by Gasteiger charge is 2.28. The molecule has 2 N–H and O–H groups in total. The van der Waals surface area contributed by atoms with Gasteiger partial charge in [0, 0.05) is 0 Å². The zero-order valence-corrected chi connectivity index (χ0v) is 13.2. The zero-order chi connectivity index (χ0) is 16.5. The summed E-state index contributed by atoms with van der Waals surface area (Å²) in [6, 6.07) is 14.8. The lowest BCUT2D eigenvalue weighted by atomic mass is 10.2. The monoisotopic (exact) mass is 323 g/mol. The minimum atomic E-state index is -0.674. The molecule has 4 rings (SSSR count). The van der Waals surface area contributed by atoms with Crippen molar-refractivity contribution in [2.45, 2.75) is 19.1 Å². The minimum Gasteiger partial charge on any atom is -0.485 e. The highest BCUT2D eigenvalue weighted by atomic mass is 16.6. The summed E-state index contributed by atoms with van der Waals surface area (Å²) in [5, 5.41) is 2.92. The second kappa shape index (κ2) is 5.88. The van der Waals surface area contributed by atoms with E-state index in [0.29, 0.717) is 17.3 Å². The number of imidazole rings is 1. The first-order valence-electron chi connectivity index (χ1n) is 7.84. The molecule has 6 nitrogen and oxygen atoms in total. The van der Waals surface area contributed by atoms with Gasteiger partial charge >= 0.3 is 0 Å². The first kappa shape index (κ1) is 14.6. The molecule has 1 aliphatic heterocycles. The standard InChI is InChI=1S/C18H17N3O3/c1-11(17-20-12-6-2-3-7-13(12)21-17)19-18(22)16-10-23-14-8-4-5-9-15(14)24-16/h2-9,11,16H,10H2,1H3,(H,19,22)(H,20,21)/t11-,16?/m0/s1. The van der Waals surface area contributed by atoms with Crippen LogP contribution in [0.1, 0.15) is 18.8 Å². The Hall–Kier alpha value is -3.02. The number of rotatable bonds is 3. The van der Waals surface area contributed by atoms with Gasteiger partial charge in [0.2, 0.25) is 6.10 Å². The number of hydrogen-bond acceptors (Lipinski definition) is 4. The van der Waals surface area contributed by atoms with Gasteiger partial charge in [-0.2, -0.15) is 0 Å². The molecule has 122 valence electrons. The molecule has 0 bridgehead atoms. The number of hydrogen-bond donors (Lipinski definition) is 2. The fourth-order valence-corrected chi connectivity index (χ4v) is 2.70. The number of carbonyl (C=O) groups excluding carboxylic acids is 1. The Morgan fingerprint density at radius 3 is 2.79 bits per heavy atom. The van der Waals surface area contributed by atoms with Crippen LogP contribution >= 0.6 is 0 Å². The summed E-state index contributed by atoms with van der Waals surface area (Å²) in [4.78, 5) is 20.2. The summed E-state index contributed by atoms with van der Waals surface area (Å²) in [7, 11) is 0. The van der Waals surface area contributed by atoms with Gasteiger partial charge in [0.25, 0.3) is 5.91 Å². The van der Waals surface area contributed by atoms with Gasteiger partial charge in [0.05, 0.1) is 17.1 Å². The maximum atomic E-state index is 12.4. The Morgan fingerprint density at radius 2 is 1.96 bits per heavy atom. The smallest absolute Gasteiger partial charge is 0.265 e. The molecule has 2 heterocycles. The van der Waals surface area contributed by atoms with Crippen LogP contribution in [0.2, 0.25) is 0 Å². The van der Waals surface area contributed by atoms with E-state index in [0.717, 1.165) is 11.0 Å². The number of nitrogens with one attached hydrogen (secondary N) is 2. The molecule has 0 saturated heterocycles. The van der Waals surface area contributed by atoms with Crippen LogP contribution in [0, 0.1) is 0 Å². The van der Waals surface area contributed by atoms with E-state index >= 15 is 0 Å². The number of H-pyrrole nitrogens is 1. The Morgan fingerprint density at radius 1 is 1.21 bits per heavy atom. The van der Waals surface area contributed by atoms with E-state index in [2.05, 4.69) is 15.3 Å². The van der Waals surface area contributed by atoms with Gasteiger partial charge in [-0.3, -0.25) is 4.79 Å². The number of carbonyl (C=O) groups is 1. The summed E-state index contributed by atoms with van der Waals surface area (Å²) in [6.45, 7) is 2.07. The number of para-hydroxylation sites is 4. The second-order valence-corrected chi connectivity index (χ2v) is 5.73. The SMILES string of the molecule is C[C@H](NC(=O)C1COc2ccccc2O1)c1nc2ccccc2[nH]1. The van der Waals surface area contributed by atoms with Crippen molar-refractivity contribution in [3.8, 4) is 11.5 Å². The number of ether oxygens (including phenoxy) is 2. The van der Waals surface area contributed by atoms with Gasteiger partial charge in [-0.1, -0.05) is 24.3 Å². The van der Waals surface area contributed by atoms with E-state index in [-0.39, 0.29) is 18.6 Å². The van der Waals surface area contributed by atoms with Gasteiger partial charge < -0.3 is 19.8 Å². The molecule has 1 amide bonds. The number of aromatic amines is 1. The van der Waals surface area contributed by atoms with Crippen molar-refractivity contribution in [1.29, 1.82) is 0 Å². The third-order valence-corrected chi connectivity index (χ3v) is 3.98. The third kappa shape index (κ3) is 2.67. The summed E-state index contributed by atoms with van der Waals surface area (Å²) in [5.74, 6) is 1.73. The topological polar surface area (TPSA) is 76.2 Å². The number of benzene rings is 2. The summed E-state index contributed by atoms with van der Waals surface area (Å²) < 4.78 is 11.3. The molecule has 6 heteroatoms. The van der Waals surface area contributed by atoms with E-state index in [1.807, 2.05) is 49.4 Å².